The number of carbonyl (C=O) groups excluding carboxylic acids is 2. The molecule has 0 unspecified atom stereocenters. The highest BCUT2D eigenvalue weighted by Crippen LogP contribution is 2.33. The van der Waals surface area contributed by atoms with Crippen molar-refractivity contribution in [1.82, 2.24) is 20.2 Å². The smallest absolute Gasteiger partial charge is 0.251 e. The van der Waals surface area contributed by atoms with Crippen LogP contribution in [0.4, 0.5) is 14.6 Å². The van der Waals surface area contributed by atoms with E-state index in [4.69, 9.17) is 0 Å². The van der Waals surface area contributed by atoms with Crippen LogP contribution in [0.2, 0.25) is 0 Å². The van der Waals surface area contributed by atoms with Gasteiger partial charge in [0, 0.05) is 65.7 Å². The molecule has 9 heteroatoms. The predicted molar refractivity (Wildman–Crippen MR) is 137 cm³/mol. The fraction of sp³-hybridized carbons (Fsp3) is 0.321. The van der Waals surface area contributed by atoms with Crippen LogP contribution in [-0.2, 0) is 11.3 Å². The molecule has 2 fully saturated rings. The Balaban J connectivity index is 1.11. The van der Waals surface area contributed by atoms with Gasteiger partial charge >= 0.3 is 0 Å². The molecule has 3 N–H and O–H groups in total. The molecule has 1 aliphatic carbocycles. The van der Waals surface area contributed by atoms with Gasteiger partial charge in [0.1, 0.15) is 11.6 Å². The summed E-state index contributed by atoms with van der Waals surface area (Å²) in [4.78, 5) is 35.1. The highest BCUT2D eigenvalue weighted by molar-refractivity contribution is 6.13. The van der Waals surface area contributed by atoms with Crippen molar-refractivity contribution >= 4 is 39.4 Å². The quantitative estimate of drug-likeness (QED) is 0.355. The number of pyridine rings is 1. The zero-order chi connectivity index (χ0) is 25.5. The van der Waals surface area contributed by atoms with Crippen LogP contribution in [0.25, 0.3) is 21.8 Å². The summed E-state index contributed by atoms with van der Waals surface area (Å²) in [6.45, 7) is 1.93. The van der Waals surface area contributed by atoms with Crippen molar-refractivity contribution in [1.29, 1.82) is 0 Å². The number of H-pyrrole nitrogens is 1. The Kier molecular flexibility index (Phi) is 6.08. The van der Waals surface area contributed by atoms with Gasteiger partial charge in [-0.3, -0.25) is 14.5 Å². The van der Waals surface area contributed by atoms with Crippen molar-refractivity contribution in [3.63, 3.8) is 0 Å². The molecule has 2 amide bonds. The third-order valence-electron chi connectivity index (χ3n) is 7.22. The van der Waals surface area contributed by atoms with E-state index < -0.39 is 11.6 Å². The molecule has 3 heterocycles. The zero-order valence-electron chi connectivity index (χ0n) is 20.2. The Morgan fingerprint density at radius 2 is 1.73 bits per heavy atom. The molecule has 1 saturated heterocycles. The molecule has 0 radical (unpaired) electrons. The van der Waals surface area contributed by atoms with Gasteiger partial charge in [-0.15, -0.1) is 0 Å². The molecule has 2 aromatic carbocycles. The maximum absolute atomic E-state index is 13.5. The van der Waals surface area contributed by atoms with Crippen molar-refractivity contribution in [2.24, 2.45) is 5.92 Å². The van der Waals surface area contributed by atoms with Crippen molar-refractivity contribution in [3.8, 4) is 0 Å². The number of rotatable bonds is 6. The lowest BCUT2D eigenvalue weighted by atomic mass is 10.0. The van der Waals surface area contributed by atoms with Gasteiger partial charge in [-0.05, 0) is 61.6 Å². The van der Waals surface area contributed by atoms with Gasteiger partial charge < -0.3 is 15.6 Å². The number of hydrogen-bond donors (Lipinski definition) is 3. The lowest BCUT2D eigenvalue weighted by Gasteiger charge is -2.32. The van der Waals surface area contributed by atoms with Gasteiger partial charge in [0.15, 0.2) is 5.82 Å². The first-order valence-electron chi connectivity index (χ1n) is 12.6. The van der Waals surface area contributed by atoms with Gasteiger partial charge in [0.25, 0.3) is 5.91 Å². The van der Waals surface area contributed by atoms with Crippen LogP contribution in [0.15, 0.2) is 48.7 Å². The molecule has 6 rings (SSSR count). The molecule has 0 bridgehead atoms. The fourth-order valence-corrected chi connectivity index (χ4v) is 5.09. The standard InChI is InChI=1S/C28H27F2N5O2/c29-19-11-16(12-20(30)14-19)15-35-9-6-21(7-10-35)32-28(37)18-3-4-22-23-5-8-31-26(25(23)33-24(22)13-18)34-27(36)17-1-2-17/h3-5,8,11-14,17,21,33H,1-2,6-7,9-10,15H2,(H,32,37)(H,31,34,36). The number of benzene rings is 2. The zero-order valence-corrected chi connectivity index (χ0v) is 20.2. The van der Waals surface area contributed by atoms with Gasteiger partial charge in [0.05, 0.1) is 5.52 Å². The van der Waals surface area contributed by atoms with Crippen LogP contribution in [-0.4, -0.2) is 45.8 Å². The van der Waals surface area contributed by atoms with E-state index in [-0.39, 0.29) is 23.8 Å². The molecular weight excluding hydrogens is 476 g/mol. The summed E-state index contributed by atoms with van der Waals surface area (Å²) in [5.74, 6) is -0.712. The number of halogens is 2. The molecule has 190 valence electrons. The second kappa shape index (κ2) is 9.55. The number of nitrogens with zero attached hydrogens (tertiary/aromatic N) is 2. The minimum Gasteiger partial charge on any atom is -0.351 e. The highest BCUT2D eigenvalue weighted by atomic mass is 19.1. The average molecular weight is 504 g/mol. The van der Waals surface area contributed by atoms with Crippen molar-refractivity contribution in [2.45, 2.75) is 38.3 Å². The van der Waals surface area contributed by atoms with Gasteiger partial charge in [-0.1, -0.05) is 6.07 Å². The third-order valence-corrected chi connectivity index (χ3v) is 7.22. The maximum atomic E-state index is 13.5. The summed E-state index contributed by atoms with van der Waals surface area (Å²) < 4.78 is 27.0. The Morgan fingerprint density at radius 1 is 0.973 bits per heavy atom. The van der Waals surface area contributed by atoms with E-state index in [0.717, 1.165) is 66.6 Å². The summed E-state index contributed by atoms with van der Waals surface area (Å²) in [6.07, 6.45) is 5.02. The van der Waals surface area contributed by atoms with Gasteiger partial charge in [-0.2, -0.15) is 0 Å². The number of hydrogen-bond acceptors (Lipinski definition) is 4. The highest BCUT2D eigenvalue weighted by Gasteiger charge is 2.30. The van der Waals surface area contributed by atoms with Crippen molar-refractivity contribution in [2.75, 3.05) is 18.4 Å². The summed E-state index contributed by atoms with van der Waals surface area (Å²) >= 11 is 0. The summed E-state index contributed by atoms with van der Waals surface area (Å²) in [6, 6.07) is 11.1. The van der Waals surface area contributed by atoms with E-state index in [1.54, 1.807) is 12.3 Å². The predicted octanol–water partition coefficient (Wildman–Crippen LogP) is 4.74. The molecule has 2 aliphatic rings. The average Bonchev–Trinajstić information content (AvgIpc) is 3.65. The molecule has 1 aliphatic heterocycles. The number of nitrogens with one attached hydrogen (secondary N) is 3. The van der Waals surface area contributed by atoms with E-state index in [1.165, 1.54) is 12.1 Å². The Labute approximate surface area is 212 Å². The number of fused-ring (bicyclic) bond motifs is 3. The topological polar surface area (TPSA) is 90.1 Å². The molecule has 7 nitrogen and oxygen atoms in total. The molecular formula is C28H27F2N5O2. The van der Waals surface area contributed by atoms with Crippen LogP contribution in [0.5, 0.6) is 0 Å². The first kappa shape index (κ1) is 23.5. The number of anilines is 1. The SMILES string of the molecule is O=C(NC1CCN(Cc2cc(F)cc(F)c2)CC1)c1ccc2c(c1)[nH]c1c(NC(=O)C3CC3)nccc12. The lowest BCUT2D eigenvalue weighted by molar-refractivity contribution is -0.117. The van der Waals surface area contributed by atoms with E-state index >= 15 is 0 Å². The Hall–Kier alpha value is -3.85. The van der Waals surface area contributed by atoms with Gasteiger partial charge in [-0.25, -0.2) is 13.8 Å². The van der Waals surface area contributed by atoms with Crippen LogP contribution in [0, 0.1) is 17.6 Å². The van der Waals surface area contributed by atoms with Crippen molar-refractivity contribution < 1.29 is 18.4 Å². The Bertz CT molecular complexity index is 1490. The van der Waals surface area contributed by atoms with E-state index in [9.17, 15) is 18.4 Å². The van der Waals surface area contributed by atoms with E-state index in [0.29, 0.717) is 23.5 Å². The number of amides is 2. The molecule has 1 saturated carbocycles. The fourth-order valence-electron chi connectivity index (χ4n) is 5.09. The molecule has 0 spiro atoms. The molecule has 2 aromatic heterocycles. The summed E-state index contributed by atoms with van der Waals surface area (Å²) in [5.41, 5.74) is 2.70. The molecule has 37 heavy (non-hydrogen) atoms. The van der Waals surface area contributed by atoms with Crippen LogP contribution in [0.1, 0.15) is 41.6 Å². The lowest BCUT2D eigenvalue weighted by Crippen LogP contribution is -2.44. The van der Waals surface area contributed by atoms with Crippen LogP contribution in [0.3, 0.4) is 0 Å². The van der Waals surface area contributed by atoms with E-state index in [2.05, 4.69) is 25.5 Å². The van der Waals surface area contributed by atoms with E-state index in [1.807, 2.05) is 18.2 Å². The number of piperidine rings is 1. The number of aromatic amines is 1. The molecule has 4 aromatic rings. The minimum absolute atomic E-state index is 0.00661. The molecule has 0 atom stereocenters. The largest absolute Gasteiger partial charge is 0.351 e. The second-order valence-corrected chi connectivity index (χ2v) is 10.0. The van der Waals surface area contributed by atoms with Gasteiger partial charge in [0.2, 0.25) is 5.91 Å². The Morgan fingerprint density at radius 3 is 2.46 bits per heavy atom. The number of carbonyl (C=O) groups is 2. The third kappa shape index (κ3) is 5.04. The first-order valence-corrected chi connectivity index (χ1v) is 12.6. The first-order chi connectivity index (χ1) is 17.9. The monoisotopic (exact) mass is 503 g/mol. The normalized spacial score (nSPS) is 16.8. The summed E-state index contributed by atoms with van der Waals surface area (Å²) in [5, 5.41) is 7.94. The van der Waals surface area contributed by atoms with Crippen LogP contribution >= 0.6 is 0 Å². The minimum atomic E-state index is -0.570. The second-order valence-electron chi connectivity index (χ2n) is 10.0. The van der Waals surface area contributed by atoms with Crippen LogP contribution < -0.4 is 10.6 Å². The van der Waals surface area contributed by atoms with Crippen molar-refractivity contribution in [3.05, 3.63) is 71.4 Å². The summed E-state index contributed by atoms with van der Waals surface area (Å²) in [7, 11) is 0. The number of likely N-dealkylation sites (tertiary alicyclic amines) is 1. The number of aromatic nitrogens is 2. The maximum Gasteiger partial charge on any atom is 0.251 e.